The van der Waals surface area contributed by atoms with Crippen LogP contribution in [0.25, 0.3) is 22.2 Å². The van der Waals surface area contributed by atoms with Gasteiger partial charge in [0.15, 0.2) is 0 Å². The first-order chi connectivity index (χ1) is 14.3. The molecule has 1 aliphatic rings. The number of hydrogen-bond donors (Lipinski definition) is 1. The molecule has 0 amide bonds. The Labute approximate surface area is 182 Å². The Bertz CT molecular complexity index is 1260. The Kier molecular flexibility index (Phi) is 5.69. The number of halogens is 2. The van der Waals surface area contributed by atoms with E-state index in [0.29, 0.717) is 40.0 Å². The number of ether oxygens (including phenoxy) is 1. The summed E-state index contributed by atoms with van der Waals surface area (Å²) in [5.74, 6) is -1.21. The highest BCUT2D eigenvalue weighted by atomic mass is 35.5. The summed E-state index contributed by atoms with van der Waals surface area (Å²) in [6, 6.07) is 10.5. The second-order valence-electron chi connectivity index (χ2n) is 6.68. The number of benzene rings is 2. The molecule has 1 saturated heterocycles. The van der Waals surface area contributed by atoms with Gasteiger partial charge in [0.2, 0.25) is 10.0 Å². The molecule has 0 unspecified atom stereocenters. The molecule has 1 N–H and O–H groups in total. The number of nitrogens with zero attached hydrogens (tertiary/aromatic N) is 2. The van der Waals surface area contributed by atoms with Gasteiger partial charge in [-0.25, -0.2) is 18.2 Å². The van der Waals surface area contributed by atoms with Gasteiger partial charge in [-0.1, -0.05) is 23.2 Å². The van der Waals surface area contributed by atoms with E-state index in [1.165, 1.54) is 28.6 Å². The predicted molar refractivity (Wildman–Crippen MR) is 114 cm³/mol. The molecule has 156 valence electrons. The number of carboxylic acid groups (broad SMARTS) is 1. The van der Waals surface area contributed by atoms with Crippen LogP contribution in [0.3, 0.4) is 0 Å². The Balaban J connectivity index is 1.88. The van der Waals surface area contributed by atoms with E-state index in [0.717, 1.165) is 0 Å². The van der Waals surface area contributed by atoms with Crippen molar-refractivity contribution in [3.8, 4) is 11.3 Å². The maximum atomic E-state index is 13.0. The minimum Gasteiger partial charge on any atom is -0.478 e. The molecular weight excluding hydrogens is 451 g/mol. The highest BCUT2D eigenvalue weighted by Gasteiger charge is 2.27. The topological polar surface area (TPSA) is 96.8 Å². The third kappa shape index (κ3) is 3.89. The summed E-state index contributed by atoms with van der Waals surface area (Å²) in [7, 11) is -3.78. The minimum absolute atomic E-state index is 0.00902. The van der Waals surface area contributed by atoms with Crippen LogP contribution in [0.4, 0.5) is 0 Å². The SMILES string of the molecule is O=C(O)c1cc(-c2cc(Cl)ccc2Cl)nc2ccc(S(=O)(=O)N3CCOCC3)cc12. The van der Waals surface area contributed by atoms with Crippen molar-refractivity contribution in [3.63, 3.8) is 0 Å². The Hall–Kier alpha value is -2.23. The minimum atomic E-state index is -3.78. The van der Waals surface area contributed by atoms with Crippen LogP contribution >= 0.6 is 23.2 Å². The first-order valence-electron chi connectivity index (χ1n) is 8.99. The van der Waals surface area contributed by atoms with Gasteiger partial charge < -0.3 is 9.84 Å². The van der Waals surface area contributed by atoms with E-state index in [9.17, 15) is 18.3 Å². The quantitative estimate of drug-likeness (QED) is 0.625. The number of fused-ring (bicyclic) bond motifs is 1. The summed E-state index contributed by atoms with van der Waals surface area (Å²) in [5, 5.41) is 10.8. The van der Waals surface area contributed by atoms with Gasteiger partial charge in [0, 0.05) is 29.1 Å². The Morgan fingerprint density at radius 3 is 2.50 bits per heavy atom. The largest absolute Gasteiger partial charge is 0.478 e. The number of morpholine rings is 1. The number of carbonyl (C=O) groups is 1. The standard InChI is InChI=1S/C20H16Cl2N2O5S/c21-12-1-3-17(22)16(9-12)19-11-15(20(25)26)14-10-13(2-4-18(14)23-19)30(27,28)24-5-7-29-8-6-24/h1-4,9-11H,5-8H2,(H,25,26). The molecule has 0 spiro atoms. The maximum absolute atomic E-state index is 13.0. The van der Waals surface area contributed by atoms with Crippen molar-refractivity contribution in [2.45, 2.75) is 4.90 Å². The zero-order valence-corrected chi connectivity index (χ0v) is 17.8. The van der Waals surface area contributed by atoms with Crippen LogP contribution in [0.15, 0.2) is 47.4 Å². The lowest BCUT2D eigenvalue weighted by Gasteiger charge is -2.26. The van der Waals surface area contributed by atoms with Crippen LogP contribution in [0.5, 0.6) is 0 Å². The van der Waals surface area contributed by atoms with Crippen LogP contribution in [0.1, 0.15) is 10.4 Å². The van der Waals surface area contributed by atoms with Crippen molar-refractivity contribution in [2.24, 2.45) is 0 Å². The number of aromatic nitrogens is 1. The Morgan fingerprint density at radius 1 is 1.07 bits per heavy atom. The highest BCUT2D eigenvalue weighted by molar-refractivity contribution is 7.89. The van der Waals surface area contributed by atoms with Crippen LogP contribution < -0.4 is 0 Å². The summed E-state index contributed by atoms with van der Waals surface area (Å²) in [6.45, 7) is 1.13. The third-order valence-electron chi connectivity index (χ3n) is 4.82. The number of rotatable bonds is 4. The zero-order valence-electron chi connectivity index (χ0n) is 15.5. The summed E-state index contributed by atoms with van der Waals surface area (Å²) in [6.07, 6.45) is 0. The fourth-order valence-electron chi connectivity index (χ4n) is 3.31. The zero-order chi connectivity index (χ0) is 21.5. The Morgan fingerprint density at radius 2 is 1.80 bits per heavy atom. The van der Waals surface area contributed by atoms with Gasteiger partial charge in [-0.3, -0.25) is 0 Å². The van der Waals surface area contributed by atoms with E-state index in [-0.39, 0.29) is 28.9 Å². The first-order valence-corrected chi connectivity index (χ1v) is 11.2. The molecule has 2 heterocycles. The smallest absolute Gasteiger partial charge is 0.336 e. The number of pyridine rings is 1. The lowest BCUT2D eigenvalue weighted by Crippen LogP contribution is -2.40. The molecule has 0 bridgehead atoms. The first kappa shape index (κ1) is 21.0. The van der Waals surface area contributed by atoms with Crippen LogP contribution in [-0.4, -0.2) is 55.1 Å². The van der Waals surface area contributed by atoms with Crippen LogP contribution in [0, 0.1) is 0 Å². The molecule has 7 nitrogen and oxygen atoms in total. The molecule has 1 fully saturated rings. The number of aromatic carboxylic acids is 1. The molecule has 30 heavy (non-hydrogen) atoms. The average molecular weight is 467 g/mol. The highest BCUT2D eigenvalue weighted by Crippen LogP contribution is 2.33. The van der Waals surface area contributed by atoms with Gasteiger partial charge in [-0.15, -0.1) is 0 Å². The number of hydrogen-bond acceptors (Lipinski definition) is 5. The van der Waals surface area contributed by atoms with Gasteiger partial charge in [0.1, 0.15) is 0 Å². The number of carboxylic acids is 1. The van der Waals surface area contributed by atoms with E-state index < -0.39 is 16.0 Å². The van der Waals surface area contributed by atoms with Crippen molar-refractivity contribution in [3.05, 3.63) is 58.1 Å². The average Bonchev–Trinajstić information content (AvgIpc) is 2.74. The number of sulfonamides is 1. The van der Waals surface area contributed by atoms with E-state index >= 15 is 0 Å². The van der Waals surface area contributed by atoms with Gasteiger partial charge in [-0.05, 0) is 42.5 Å². The summed E-state index contributed by atoms with van der Waals surface area (Å²) in [4.78, 5) is 16.5. The van der Waals surface area contributed by atoms with Crippen molar-refractivity contribution in [2.75, 3.05) is 26.3 Å². The predicted octanol–water partition coefficient (Wildman–Crippen LogP) is 3.93. The normalized spacial score (nSPS) is 15.4. The van der Waals surface area contributed by atoms with E-state index in [1.54, 1.807) is 18.2 Å². The molecule has 10 heteroatoms. The molecule has 0 aliphatic carbocycles. The van der Waals surface area contributed by atoms with E-state index in [1.807, 2.05) is 0 Å². The van der Waals surface area contributed by atoms with Crippen molar-refractivity contribution < 1.29 is 23.1 Å². The maximum Gasteiger partial charge on any atom is 0.336 e. The lowest BCUT2D eigenvalue weighted by molar-refractivity contribution is 0.0699. The molecule has 1 aliphatic heterocycles. The van der Waals surface area contributed by atoms with Crippen molar-refractivity contribution >= 4 is 50.1 Å². The van der Waals surface area contributed by atoms with Crippen molar-refractivity contribution in [1.29, 1.82) is 0 Å². The lowest BCUT2D eigenvalue weighted by atomic mass is 10.0. The van der Waals surface area contributed by atoms with Gasteiger partial charge >= 0.3 is 5.97 Å². The van der Waals surface area contributed by atoms with Gasteiger partial charge in [0.25, 0.3) is 0 Å². The van der Waals surface area contributed by atoms with Crippen LogP contribution in [-0.2, 0) is 14.8 Å². The molecule has 2 aromatic carbocycles. The molecule has 1 aromatic heterocycles. The summed E-state index contributed by atoms with van der Waals surface area (Å²) >= 11 is 12.3. The molecule has 3 aromatic rings. The molecule has 0 atom stereocenters. The van der Waals surface area contributed by atoms with E-state index in [4.69, 9.17) is 27.9 Å². The summed E-state index contributed by atoms with van der Waals surface area (Å²) < 4.78 is 32.4. The molecule has 0 radical (unpaired) electrons. The molecule has 4 rings (SSSR count). The third-order valence-corrected chi connectivity index (χ3v) is 7.28. The fraction of sp³-hybridized carbons (Fsp3) is 0.200. The second-order valence-corrected chi connectivity index (χ2v) is 9.46. The van der Waals surface area contributed by atoms with Crippen LogP contribution in [0.2, 0.25) is 10.0 Å². The fourth-order valence-corrected chi connectivity index (χ4v) is 5.13. The second kappa shape index (κ2) is 8.13. The molecule has 0 saturated carbocycles. The van der Waals surface area contributed by atoms with Gasteiger partial charge in [0.05, 0.1) is 39.9 Å². The monoisotopic (exact) mass is 466 g/mol. The van der Waals surface area contributed by atoms with Gasteiger partial charge in [-0.2, -0.15) is 4.31 Å². The van der Waals surface area contributed by atoms with Crippen molar-refractivity contribution in [1.82, 2.24) is 9.29 Å². The van der Waals surface area contributed by atoms with E-state index in [2.05, 4.69) is 4.98 Å². The molecular formula is C20H16Cl2N2O5S. The summed E-state index contributed by atoms with van der Waals surface area (Å²) in [5.41, 5.74) is 1.07.